The molecular weight excluding hydrogens is 588 g/mol. The van der Waals surface area contributed by atoms with Gasteiger partial charge in [-0.05, 0) is 42.1 Å². The molecule has 1 fully saturated rings. The van der Waals surface area contributed by atoms with Gasteiger partial charge in [-0.1, -0.05) is 51.1 Å². The number of hydrogen-bond acceptors (Lipinski definition) is 8. The van der Waals surface area contributed by atoms with Crippen molar-refractivity contribution >= 4 is 23.7 Å². The summed E-state index contributed by atoms with van der Waals surface area (Å²) in [4.78, 5) is 59.8. The minimum absolute atomic E-state index is 0.00847. The van der Waals surface area contributed by atoms with Crippen LogP contribution in [0.5, 0.6) is 0 Å². The molecule has 3 aromatic rings. The highest BCUT2D eigenvalue weighted by Crippen LogP contribution is 2.39. The molecule has 0 saturated carbocycles. The van der Waals surface area contributed by atoms with Crippen LogP contribution < -0.4 is 5.32 Å². The van der Waals surface area contributed by atoms with Crippen LogP contribution in [0.3, 0.4) is 0 Å². The zero-order valence-corrected chi connectivity index (χ0v) is 25.5. The normalized spacial score (nSPS) is 14.1. The van der Waals surface area contributed by atoms with Crippen LogP contribution in [0, 0.1) is 17.0 Å². The van der Waals surface area contributed by atoms with Crippen LogP contribution in [0.15, 0.2) is 54.7 Å². The van der Waals surface area contributed by atoms with Gasteiger partial charge in [0.15, 0.2) is 0 Å². The number of carbonyl (C=O) groups excluding carboxylic acids is 4. The lowest BCUT2D eigenvalue weighted by Crippen LogP contribution is -2.45. The third-order valence-electron chi connectivity index (χ3n) is 7.26. The van der Waals surface area contributed by atoms with Crippen LogP contribution in [-0.4, -0.2) is 74.6 Å². The summed E-state index contributed by atoms with van der Waals surface area (Å²) in [5.74, 6) is -3.37. The number of aromatic nitrogens is 2. The first-order chi connectivity index (χ1) is 21.4. The van der Waals surface area contributed by atoms with Gasteiger partial charge in [0.25, 0.3) is 11.8 Å². The van der Waals surface area contributed by atoms with E-state index in [1.165, 1.54) is 4.90 Å². The molecule has 1 aliphatic heterocycles. The lowest BCUT2D eigenvalue weighted by Gasteiger charge is -2.40. The van der Waals surface area contributed by atoms with E-state index in [2.05, 4.69) is 5.32 Å². The molecular formula is C32H37F2N5O6. The summed E-state index contributed by atoms with van der Waals surface area (Å²) in [5, 5.41) is 13.3. The maximum atomic E-state index is 14.9. The second-order valence-corrected chi connectivity index (χ2v) is 11.8. The van der Waals surface area contributed by atoms with Gasteiger partial charge in [0.05, 0.1) is 18.3 Å². The highest BCUT2D eigenvalue weighted by Gasteiger charge is 2.38. The fourth-order valence-electron chi connectivity index (χ4n) is 5.22. The fraction of sp³-hybridized carbons (Fsp3) is 0.406. The number of benzene rings is 2. The van der Waals surface area contributed by atoms with Crippen LogP contribution in [0.1, 0.15) is 57.5 Å². The van der Waals surface area contributed by atoms with Crippen molar-refractivity contribution in [2.45, 2.75) is 52.6 Å². The fourth-order valence-corrected chi connectivity index (χ4v) is 5.22. The van der Waals surface area contributed by atoms with Gasteiger partial charge in [-0.15, -0.1) is 5.06 Å². The first kappa shape index (κ1) is 33.4. The van der Waals surface area contributed by atoms with Crippen LogP contribution in [-0.2, 0) is 30.6 Å². The summed E-state index contributed by atoms with van der Waals surface area (Å²) < 4.78 is 30.8. The molecule has 11 nitrogen and oxygen atoms in total. The van der Waals surface area contributed by atoms with Crippen molar-refractivity contribution in [3.63, 3.8) is 0 Å². The maximum Gasteiger partial charge on any atom is 0.346 e. The Morgan fingerprint density at radius 2 is 1.78 bits per heavy atom. The van der Waals surface area contributed by atoms with E-state index in [1.807, 2.05) is 51.1 Å². The predicted molar refractivity (Wildman–Crippen MR) is 159 cm³/mol. The summed E-state index contributed by atoms with van der Waals surface area (Å²) in [6, 6.07) is 11.9. The van der Waals surface area contributed by atoms with Crippen LogP contribution in [0.25, 0.3) is 11.3 Å². The van der Waals surface area contributed by atoms with Gasteiger partial charge >= 0.3 is 5.97 Å². The third kappa shape index (κ3) is 8.37. The highest BCUT2D eigenvalue weighted by molar-refractivity contribution is 6.01. The number of nitrogens with one attached hydrogen (secondary N) is 1. The Hall–Kier alpha value is -4.49. The molecule has 1 saturated heterocycles. The molecule has 1 aromatic heterocycles. The van der Waals surface area contributed by atoms with Crippen molar-refractivity contribution in [2.24, 2.45) is 5.41 Å². The zero-order chi connectivity index (χ0) is 32.7. The summed E-state index contributed by atoms with van der Waals surface area (Å²) in [6.45, 7) is 5.42. The van der Waals surface area contributed by atoms with E-state index in [0.717, 1.165) is 23.8 Å². The average molecular weight is 626 g/mol. The highest BCUT2D eigenvalue weighted by atomic mass is 19.1. The Balaban J connectivity index is 1.57. The molecule has 0 radical (unpaired) electrons. The molecule has 0 unspecified atom stereocenters. The van der Waals surface area contributed by atoms with E-state index < -0.39 is 53.4 Å². The van der Waals surface area contributed by atoms with Gasteiger partial charge in [0.2, 0.25) is 5.91 Å². The summed E-state index contributed by atoms with van der Waals surface area (Å²) in [6.07, 6.45) is 1.96. The zero-order valence-electron chi connectivity index (χ0n) is 25.5. The molecule has 2 aromatic carbocycles. The second-order valence-electron chi connectivity index (χ2n) is 11.8. The lowest BCUT2D eigenvalue weighted by atomic mass is 9.84. The standard InChI is InChI=1S/C32H37F2N5O6/c1-32(2,3)30(38(28(43)20-40)15-7-14-35-17-29(44)45-39-26(41)12-13-27(39)42)31-36-25(23-16-22(33)10-11-24(23)34)19-37(31)18-21-8-5-4-6-9-21/h4-6,8-11,16,19,30,35,40H,7,12-15,17-18,20H2,1-3H3/t30-/m0/s1. The summed E-state index contributed by atoms with van der Waals surface area (Å²) in [5.41, 5.74) is 0.459. The number of halogens is 2. The van der Waals surface area contributed by atoms with Crippen molar-refractivity contribution in [1.82, 2.24) is 24.8 Å². The van der Waals surface area contributed by atoms with E-state index >= 15 is 0 Å². The molecule has 13 heteroatoms. The number of hydroxylamine groups is 2. The smallest absolute Gasteiger partial charge is 0.346 e. The van der Waals surface area contributed by atoms with Gasteiger partial charge in [-0.25, -0.2) is 18.6 Å². The van der Waals surface area contributed by atoms with Crippen molar-refractivity contribution in [1.29, 1.82) is 0 Å². The van der Waals surface area contributed by atoms with Gasteiger partial charge in [0, 0.05) is 37.7 Å². The van der Waals surface area contributed by atoms with Gasteiger partial charge in [0.1, 0.15) is 24.1 Å². The molecule has 0 spiro atoms. The molecule has 240 valence electrons. The molecule has 3 amide bonds. The van der Waals surface area contributed by atoms with E-state index in [9.17, 15) is 33.1 Å². The topological polar surface area (TPSA) is 134 Å². The van der Waals surface area contributed by atoms with Crippen molar-refractivity contribution < 1.29 is 37.9 Å². The van der Waals surface area contributed by atoms with Gasteiger partial charge in [-0.3, -0.25) is 14.4 Å². The average Bonchev–Trinajstić information content (AvgIpc) is 3.54. The number of imide groups is 1. The SMILES string of the molecule is CC(C)(C)[C@H](c1nc(-c2cc(F)ccc2F)cn1Cc1ccccc1)N(CCCNCC(=O)ON1C(=O)CCC1=O)C(=O)CO. The first-order valence-corrected chi connectivity index (χ1v) is 14.6. The van der Waals surface area contributed by atoms with Crippen LogP contribution in [0.2, 0.25) is 0 Å². The summed E-state index contributed by atoms with van der Waals surface area (Å²) in [7, 11) is 0. The number of aliphatic hydroxyl groups excluding tert-OH is 1. The third-order valence-corrected chi connectivity index (χ3v) is 7.26. The van der Waals surface area contributed by atoms with Crippen molar-refractivity contribution in [3.8, 4) is 11.3 Å². The molecule has 4 rings (SSSR count). The van der Waals surface area contributed by atoms with Crippen molar-refractivity contribution in [2.75, 3.05) is 26.2 Å². The summed E-state index contributed by atoms with van der Waals surface area (Å²) >= 11 is 0. The second kappa shape index (κ2) is 14.5. The van der Waals surface area contributed by atoms with Crippen molar-refractivity contribution in [3.05, 3.63) is 77.8 Å². The Morgan fingerprint density at radius 1 is 1.09 bits per heavy atom. The number of carbonyl (C=O) groups is 4. The Morgan fingerprint density at radius 3 is 2.42 bits per heavy atom. The number of imidazole rings is 1. The first-order valence-electron chi connectivity index (χ1n) is 14.6. The number of rotatable bonds is 13. The molecule has 0 aliphatic carbocycles. The van der Waals surface area contributed by atoms with E-state index in [0.29, 0.717) is 23.9 Å². The maximum absolute atomic E-state index is 14.9. The Kier molecular flexibility index (Phi) is 10.8. The minimum Gasteiger partial charge on any atom is -0.387 e. The largest absolute Gasteiger partial charge is 0.387 e. The van der Waals surface area contributed by atoms with Crippen LogP contribution in [0.4, 0.5) is 8.78 Å². The molecule has 1 aliphatic rings. The van der Waals surface area contributed by atoms with E-state index in [1.54, 1.807) is 10.8 Å². The lowest BCUT2D eigenvalue weighted by molar-refractivity contribution is -0.196. The quantitative estimate of drug-likeness (QED) is 0.218. The monoisotopic (exact) mass is 625 g/mol. The molecule has 45 heavy (non-hydrogen) atoms. The molecule has 0 bridgehead atoms. The van der Waals surface area contributed by atoms with Gasteiger partial charge in [-0.2, -0.15) is 0 Å². The number of amides is 3. The van der Waals surface area contributed by atoms with Gasteiger partial charge < -0.3 is 24.7 Å². The number of aliphatic hydroxyl groups is 1. The van der Waals surface area contributed by atoms with Crippen LogP contribution >= 0.6 is 0 Å². The Bertz CT molecular complexity index is 1520. The number of nitrogens with zero attached hydrogens (tertiary/aromatic N) is 4. The Labute approximate surface area is 259 Å². The number of hydrogen-bond donors (Lipinski definition) is 2. The minimum atomic E-state index is -0.811. The molecule has 2 heterocycles. The van der Waals surface area contributed by atoms with E-state index in [4.69, 9.17) is 9.82 Å². The molecule has 2 N–H and O–H groups in total. The predicted octanol–water partition coefficient (Wildman–Crippen LogP) is 3.37. The van der Waals surface area contributed by atoms with E-state index in [-0.39, 0.29) is 43.7 Å². The molecule has 1 atom stereocenters.